The van der Waals surface area contributed by atoms with E-state index in [1.165, 1.54) is 16.7 Å². The summed E-state index contributed by atoms with van der Waals surface area (Å²) in [5, 5.41) is 13.1. The minimum Gasteiger partial charge on any atom is -0.506 e. The fourth-order valence-electron chi connectivity index (χ4n) is 2.95. The molecule has 0 aliphatic carbocycles. The third-order valence-electron chi connectivity index (χ3n) is 4.45. The van der Waals surface area contributed by atoms with E-state index < -0.39 is 0 Å². The molecule has 0 spiro atoms. The Morgan fingerprint density at radius 2 is 2.00 bits per heavy atom. The SMILES string of the molecule is CCOc1ccc(NC(=O)CCCN2C(=O)/C(=C/c3cc(Br)cc(Br)c3O)SC2=S)cc1. The van der Waals surface area contributed by atoms with Crippen molar-refractivity contribution in [1.29, 1.82) is 0 Å². The van der Waals surface area contributed by atoms with Crippen LogP contribution in [0, 0.1) is 0 Å². The van der Waals surface area contributed by atoms with Crippen molar-refractivity contribution in [2.45, 2.75) is 19.8 Å². The van der Waals surface area contributed by atoms with E-state index >= 15 is 0 Å². The Kier molecular flexibility index (Phi) is 8.75. The van der Waals surface area contributed by atoms with Gasteiger partial charge in [-0.25, -0.2) is 0 Å². The summed E-state index contributed by atoms with van der Waals surface area (Å²) < 4.78 is 7.10. The lowest BCUT2D eigenvalue weighted by atomic mass is 10.2. The molecule has 2 aromatic rings. The summed E-state index contributed by atoms with van der Waals surface area (Å²) in [4.78, 5) is 26.9. The number of hydrogen-bond donors (Lipinski definition) is 2. The molecule has 10 heteroatoms. The number of hydrogen-bond acceptors (Lipinski definition) is 6. The van der Waals surface area contributed by atoms with Crippen molar-refractivity contribution >= 4 is 83.7 Å². The summed E-state index contributed by atoms with van der Waals surface area (Å²) in [6.07, 6.45) is 2.34. The fraction of sp³-hybridized carbons (Fsp3) is 0.227. The minimum atomic E-state index is -0.234. The molecule has 2 N–H and O–H groups in total. The van der Waals surface area contributed by atoms with Crippen LogP contribution >= 0.6 is 55.8 Å². The Morgan fingerprint density at radius 3 is 2.69 bits per heavy atom. The third-order valence-corrected chi connectivity index (χ3v) is 6.89. The van der Waals surface area contributed by atoms with Gasteiger partial charge in [0.1, 0.15) is 15.8 Å². The van der Waals surface area contributed by atoms with Crippen LogP contribution < -0.4 is 10.1 Å². The third kappa shape index (κ3) is 6.34. The van der Waals surface area contributed by atoms with Gasteiger partial charge in [-0.2, -0.15) is 0 Å². The molecule has 32 heavy (non-hydrogen) atoms. The van der Waals surface area contributed by atoms with Gasteiger partial charge in [0.15, 0.2) is 0 Å². The van der Waals surface area contributed by atoms with Crippen LogP contribution in [0.1, 0.15) is 25.3 Å². The molecule has 0 radical (unpaired) electrons. The second kappa shape index (κ2) is 11.3. The van der Waals surface area contributed by atoms with Crippen LogP contribution in [0.4, 0.5) is 5.69 Å². The fourth-order valence-corrected chi connectivity index (χ4v) is 5.51. The topological polar surface area (TPSA) is 78.9 Å². The number of halogens is 2. The van der Waals surface area contributed by atoms with Gasteiger partial charge in [-0.15, -0.1) is 0 Å². The molecular formula is C22H20Br2N2O4S2. The summed E-state index contributed by atoms with van der Waals surface area (Å²) in [5.74, 6) is 0.419. The number of thiocarbonyl (C=S) groups is 1. The van der Waals surface area contributed by atoms with Crippen LogP contribution in [-0.2, 0) is 9.59 Å². The first-order chi connectivity index (χ1) is 15.3. The lowest BCUT2D eigenvalue weighted by Crippen LogP contribution is -2.29. The summed E-state index contributed by atoms with van der Waals surface area (Å²) in [6.45, 7) is 2.83. The highest BCUT2D eigenvalue weighted by Crippen LogP contribution is 2.37. The monoisotopic (exact) mass is 598 g/mol. The largest absolute Gasteiger partial charge is 0.506 e. The van der Waals surface area contributed by atoms with Crippen molar-refractivity contribution in [3.05, 3.63) is 55.8 Å². The number of phenolic OH excluding ortho intramolecular Hbond substituents is 1. The van der Waals surface area contributed by atoms with Gasteiger partial charge < -0.3 is 15.2 Å². The van der Waals surface area contributed by atoms with Crippen LogP contribution in [0.3, 0.4) is 0 Å². The highest BCUT2D eigenvalue weighted by atomic mass is 79.9. The van der Waals surface area contributed by atoms with E-state index in [4.69, 9.17) is 17.0 Å². The number of anilines is 1. The smallest absolute Gasteiger partial charge is 0.266 e. The number of nitrogens with zero attached hydrogens (tertiary/aromatic N) is 1. The first kappa shape index (κ1) is 24.8. The van der Waals surface area contributed by atoms with Crippen molar-refractivity contribution in [3.63, 3.8) is 0 Å². The van der Waals surface area contributed by atoms with Crippen LogP contribution in [0.2, 0.25) is 0 Å². The molecule has 6 nitrogen and oxygen atoms in total. The number of rotatable bonds is 8. The molecule has 1 fully saturated rings. The van der Waals surface area contributed by atoms with E-state index in [1.807, 2.05) is 6.92 Å². The van der Waals surface area contributed by atoms with E-state index in [0.29, 0.717) is 44.5 Å². The number of amides is 2. The molecule has 168 valence electrons. The molecule has 2 amide bonds. The highest BCUT2D eigenvalue weighted by molar-refractivity contribution is 9.11. The summed E-state index contributed by atoms with van der Waals surface area (Å²) >= 11 is 13.2. The van der Waals surface area contributed by atoms with Crippen LogP contribution in [-0.4, -0.2) is 39.3 Å². The predicted octanol–water partition coefficient (Wildman–Crippen LogP) is 5.94. The maximum atomic E-state index is 12.8. The Hall–Kier alpha value is -1.88. The molecule has 0 bridgehead atoms. The van der Waals surface area contributed by atoms with E-state index in [9.17, 15) is 14.7 Å². The van der Waals surface area contributed by atoms with E-state index in [1.54, 1.807) is 42.5 Å². The number of ether oxygens (including phenoxy) is 1. The highest BCUT2D eigenvalue weighted by Gasteiger charge is 2.32. The number of nitrogens with one attached hydrogen (secondary N) is 1. The quantitative estimate of drug-likeness (QED) is 0.289. The average molecular weight is 600 g/mol. The van der Waals surface area contributed by atoms with Crippen LogP contribution in [0.15, 0.2) is 50.2 Å². The van der Waals surface area contributed by atoms with E-state index in [2.05, 4.69) is 37.2 Å². The van der Waals surface area contributed by atoms with Crippen molar-refractivity contribution in [2.24, 2.45) is 0 Å². The van der Waals surface area contributed by atoms with Gasteiger partial charge in [-0.1, -0.05) is 39.9 Å². The molecule has 1 saturated heterocycles. The molecule has 1 aliphatic rings. The predicted molar refractivity (Wildman–Crippen MR) is 139 cm³/mol. The number of phenols is 1. The first-order valence-corrected chi connectivity index (χ1v) is 12.6. The Labute approximate surface area is 212 Å². The van der Waals surface area contributed by atoms with Crippen LogP contribution in [0.5, 0.6) is 11.5 Å². The summed E-state index contributed by atoms with van der Waals surface area (Å²) in [5.41, 5.74) is 1.19. The zero-order valence-corrected chi connectivity index (χ0v) is 21.9. The molecule has 0 aromatic heterocycles. The van der Waals surface area contributed by atoms with Crippen LogP contribution in [0.25, 0.3) is 6.08 Å². The maximum Gasteiger partial charge on any atom is 0.266 e. The van der Waals surface area contributed by atoms with Crippen molar-refractivity contribution in [2.75, 3.05) is 18.5 Å². The Bertz CT molecular complexity index is 1070. The van der Waals surface area contributed by atoms with Gasteiger partial charge in [-0.3, -0.25) is 14.5 Å². The zero-order valence-electron chi connectivity index (χ0n) is 17.1. The van der Waals surface area contributed by atoms with Gasteiger partial charge in [0, 0.05) is 28.7 Å². The first-order valence-electron chi connectivity index (χ1n) is 9.74. The molecule has 2 aromatic carbocycles. The normalized spacial score (nSPS) is 14.8. The van der Waals surface area contributed by atoms with E-state index in [0.717, 1.165) is 10.2 Å². The Morgan fingerprint density at radius 1 is 1.28 bits per heavy atom. The summed E-state index contributed by atoms with van der Waals surface area (Å²) in [6, 6.07) is 10.6. The average Bonchev–Trinajstić information content (AvgIpc) is 3.00. The van der Waals surface area contributed by atoms with Gasteiger partial charge >= 0.3 is 0 Å². The number of aromatic hydroxyl groups is 1. The number of carbonyl (C=O) groups is 2. The number of thioether (sulfide) groups is 1. The molecule has 1 heterocycles. The molecule has 0 saturated carbocycles. The molecular weight excluding hydrogens is 580 g/mol. The van der Waals surface area contributed by atoms with Gasteiger partial charge in [0.25, 0.3) is 5.91 Å². The standard InChI is InChI=1S/C22H20Br2N2O4S2/c1-2-30-16-7-5-15(6-8-16)25-19(27)4-3-9-26-21(29)18(32-22(26)31)11-13-10-14(23)12-17(24)20(13)28/h5-8,10-12,28H,2-4,9H2,1H3,(H,25,27)/b18-11-. The minimum absolute atomic E-state index is 0.0458. The molecule has 1 aliphatic heterocycles. The maximum absolute atomic E-state index is 12.8. The lowest BCUT2D eigenvalue weighted by molar-refractivity contribution is -0.122. The number of benzene rings is 2. The zero-order chi connectivity index (χ0) is 23.3. The molecule has 0 unspecified atom stereocenters. The van der Waals surface area contributed by atoms with Crippen molar-refractivity contribution in [3.8, 4) is 11.5 Å². The van der Waals surface area contributed by atoms with Gasteiger partial charge in [0.2, 0.25) is 5.91 Å². The second-order valence-corrected chi connectivity index (χ2v) is 10.2. The number of carbonyl (C=O) groups excluding carboxylic acids is 2. The van der Waals surface area contributed by atoms with Crippen molar-refractivity contribution in [1.82, 2.24) is 4.90 Å². The lowest BCUT2D eigenvalue weighted by Gasteiger charge is -2.14. The Balaban J connectivity index is 1.55. The second-order valence-electron chi connectivity index (χ2n) is 6.77. The van der Waals surface area contributed by atoms with E-state index in [-0.39, 0.29) is 24.0 Å². The van der Waals surface area contributed by atoms with Gasteiger partial charge in [-0.05, 0) is 71.7 Å². The molecule has 0 atom stereocenters. The van der Waals surface area contributed by atoms with Crippen molar-refractivity contribution < 1.29 is 19.4 Å². The molecule has 3 rings (SSSR count). The van der Waals surface area contributed by atoms with Gasteiger partial charge in [0.05, 0.1) is 16.0 Å². The summed E-state index contributed by atoms with van der Waals surface area (Å²) in [7, 11) is 0.